The van der Waals surface area contributed by atoms with Gasteiger partial charge in [-0.1, -0.05) is 25.9 Å². The molecule has 1 atom stereocenters. The van der Waals surface area contributed by atoms with Gasteiger partial charge in [0.1, 0.15) is 0 Å². The summed E-state index contributed by atoms with van der Waals surface area (Å²) in [7, 11) is 0. The number of hydrogen-bond donors (Lipinski definition) is 0. The Morgan fingerprint density at radius 2 is 1.95 bits per heavy atom. The van der Waals surface area contributed by atoms with Gasteiger partial charge in [-0.05, 0) is 12.8 Å². The van der Waals surface area contributed by atoms with Crippen LogP contribution in [0.25, 0.3) is 0 Å². The van der Waals surface area contributed by atoms with Crippen LogP contribution in [0.4, 0.5) is 14.8 Å². The Labute approximate surface area is 111 Å². The summed E-state index contributed by atoms with van der Waals surface area (Å²) < 4.78 is 32.6. The number of alkyl halides is 2. The van der Waals surface area contributed by atoms with Crippen LogP contribution in [0.3, 0.4) is 0 Å². The fraction of sp³-hybridized carbons (Fsp3) is 0.846. The van der Waals surface area contributed by atoms with Crippen LogP contribution < -0.4 is 4.90 Å². The summed E-state index contributed by atoms with van der Waals surface area (Å²) in [6, 6.07) is 0.381. The lowest BCUT2D eigenvalue weighted by molar-refractivity contribution is 0.0569. The average molecular weight is 271 g/mol. The van der Waals surface area contributed by atoms with Gasteiger partial charge in [0.05, 0.1) is 5.41 Å². The third-order valence-corrected chi connectivity index (χ3v) is 4.11. The molecule has 4 nitrogen and oxygen atoms in total. The molecular weight excluding hydrogens is 252 g/mol. The zero-order valence-corrected chi connectivity index (χ0v) is 11.5. The quantitative estimate of drug-likeness (QED) is 0.787. The van der Waals surface area contributed by atoms with Crippen molar-refractivity contribution in [1.29, 1.82) is 0 Å². The molecule has 1 aliphatic carbocycles. The second kappa shape index (κ2) is 3.67. The van der Waals surface area contributed by atoms with E-state index < -0.39 is 11.3 Å². The highest BCUT2D eigenvalue weighted by molar-refractivity contribution is 5.31. The van der Waals surface area contributed by atoms with Crippen molar-refractivity contribution in [1.82, 2.24) is 10.2 Å². The second-order valence-corrected chi connectivity index (χ2v) is 6.83. The molecule has 0 aromatic carbocycles. The Balaban J connectivity index is 1.78. The first-order valence-corrected chi connectivity index (χ1v) is 6.70. The van der Waals surface area contributed by atoms with E-state index in [0.717, 1.165) is 6.42 Å². The van der Waals surface area contributed by atoms with Gasteiger partial charge in [-0.3, -0.25) is 0 Å². The monoisotopic (exact) mass is 271 g/mol. The zero-order chi connectivity index (χ0) is 13.9. The molecule has 1 aromatic rings. The topological polar surface area (TPSA) is 42.2 Å². The molecule has 1 aliphatic heterocycles. The first-order chi connectivity index (χ1) is 8.74. The van der Waals surface area contributed by atoms with Gasteiger partial charge in [-0.15, -0.1) is 5.10 Å². The van der Waals surface area contributed by atoms with Crippen molar-refractivity contribution in [3.63, 3.8) is 0 Å². The Morgan fingerprint density at radius 3 is 2.47 bits per heavy atom. The van der Waals surface area contributed by atoms with Crippen molar-refractivity contribution in [2.24, 2.45) is 5.41 Å². The minimum absolute atomic E-state index is 0.00321. The molecule has 1 spiro atoms. The third kappa shape index (κ3) is 2.01. The van der Waals surface area contributed by atoms with Crippen molar-refractivity contribution in [3.8, 4) is 0 Å². The normalized spacial score (nSPS) is 29.8. The largest absolute Gasteiger partial charge is 0.407 e. The lowest BCUT2D eigenvalue weighted by atomic mass is 9.94. The van der Waals surface area contributed by atoms with Gasteiger partial charge in [0.2, 0.25) is 5.89 Å². The van der Waals surface area contributed by atoms with Crippen LogP contribution in [-0.4, -0.2) is 29.2 Å². The van der Waals surface area contributed by atoms with Crippen molar-refractivity contribution >= 4 is 6.01 Å². The maximum Gasteiger partial charge on any atom is 0.318 e. The van der Waals surface area contributed by atoms with E-state index in [-0.39, 0.29) is 11.8 Å². The van der Waals surface area contributed by atoms with E-state index in [0.29, 0.717) is 31.4 Å². The van der Waals surface area contributed by atoms with E-state index >= 15 is 0 Å². The predicted octanol–water partition coefficient (Wildman–Crippen LogP) is 2.99. The van der Waals surface area contributed by atoms with Crippen molar-refractivity contribution in [2.75, 3.05) is 18.0 Å². The fourth-order valence-corrected chi connectivity index (χ4v) is 2.77. The molecular formula is C13H19F2N3O. The third-order valence-electron chi connectivity index (χ3n) is 4.11. The van der Waals surface area contributed by atoms with Gasteiger partial charge in [0.15, 0.2) is 0 Å². The molecule has 3 rings (SSSR count). The molecule has 1 aromatic heterocycles. The van der Waals surface area contributed by atoms with E-state index in [1.807, 2.05) is 25.7 Å². The number of halogens is 2. The summed E-state index contributed by atoms with van der Waals surface area (Å²) in [6.07, 6.45) is 1.34. The maximum atomic E-state index is 13.5. The zero-order valence-electron chi connectivity index (χ0n) is 11.5. The standard InChI is InChI=1S/C13H19F2N3O/c1-11(2,3)9-16-17-10(19-9)18-6-4-5-12(8-18)7-13(12,14)15/h4-8H2,1-3H3. The van der Waals surface area contributed by atoms with Gasteiger partial charge in [0, 0.05) is 24.9 Å². The second-order valence-electron chi connectivity index (χ2n) is 6.83. The smallest absolute Gasteiger partial charge is 0.318 e. The summed E-state index contributed by atoms with van der Waals surface area (Å²) in [5.41, 5.74) is -1.07. The molecule has 0 radical (unpaired) electrons. The molecule has 0 amide bonds. The molecule has 2 aliphatic rings. The maximum absolute atomic E-state index is 13.5. The molecule has 106 valence electrons. The van der Waals surface area contributed by atoms with Gasteiger partial charge in [-0.25, -0.2) is 8.78 Å². The summed E-state index contributed by atoms with van der Waals surface area (Å²) in [5, 5.41) is 8.03. The highest BCUT2D eigenvalue weighted by Crippen LogP contribution is 2.64. The minimum Gasteiger partial charge on any atom is -0.407 e. The Bertz CT molecular complexity index is 494. The average Bonchev–Trinajstić information content (AvgIpc) is 2.68. The van der Waals surface area contributed by atoms with Gasteiger partial charge in [-0.2, -0.15) is 0 Å². The Morgan fingerprint density at radius 1 is 1.26 bits per heavy atom. The van der Waals surface area contributed by atoms with Crippen LogP contribution in [0, 0.1) is 5.41 Å². The summed E-state index contributed by atoms with van der Waals surface area (Å²) >= 11 is 0. The lowest BCUT2D eigenvalue weighted by Gasteiger charge is -2.31. The van der Waals surface area contributed by atoms with Crippen LogP contribution in [0.2, 0.25) is 0 Å². The Kier molecular flexibility index (Phi) is 2.48. The molecule has 1 saturated carbocycles. The van der Waals surface area contributed by atoms with E-state index in [9.17, 15) is 8.78 Å². The van der Waals surface area contributed by atoms with Crippen molar-refractivity contribution < 1.29 is 13.2 Å². The Hall–Kier alpha value is -1.20. The summed E-state index contributed by atoms with van der Waals surface area (Å²) in [5.74, 6) is -1.97. The molecule has 1 saturated heterocycles. The van der Waals surface area contributed by atoms with Crippen LogP contribution in [0.5, 0.6) is 0 Å². The number of nitrogens with zero attached hydrogens (tertiary/aromatic N) is 3. The van der Waals surface area contributed by atoms with E-state index in [1.54, 1.807) is 0 Å². The van der Waals surface area contributed by atoms with Crippen LogP contribution in [0.1, 0.15) is 45.9 Å². The fourth-order valence-electron chi connectivity index (χ4n) is 2.77. The number of anilines is 1. The summed E-state index contributed by atoms with van der Waals surface area (Å²) in [4.78, 5) is 1.81. The number of aromatic nitrogens is 2. The van der Waals surface area contributed by atoms with Gasteiger partial charge >= 0.3 is 6.01 Å². The van der Waals surface area contributed by atoms with Crippen LogP contribution in [0.15, 0.2) is 4.42 Å². The summed E-state index contributed by atoms with van der Waals surface area (Å²) in [6.45, 7) is 6.99. The molecule has 2 heterocycles. The highest BCUT2D eigenvalue weighted by Gasteiger charge is 2.71. The highest BCUT2D eigenvalue weighted by atomic mass is 19.3. The van der Waals surface area contributed by atoms with Gasteiger partial charge in [0.25, 0.3) is 5.92 Å². The molecule has 19 heavy (non-hydrogen) atoms. The number of hydrogen-bond acceptors (Lipinski definition) is 4. The first-order valence-electron chi connectivity index (χ1n) is 6.70. The lowest BCUT2D eigenvalue weighted by Crippen LogP contribution is -2.39. The van der Waals surface area contributed by atoms with E-state index in [1.165, 1.54) is 0 Å². The molecule has 0 bridgehead atoms. The van der Waals surface area contributed by atoms with Crippen molar-refractivity contribution in [3.05, 3.63) is 5.89 Å². The SMILES string of the molecule is CC(C)(C)c1nnc(N2CCCC3(C2)CC3(F)F)o1. The van der Waals surface area contributed by atoms with Gasteiger partial charge < -0.3 is 9.32 Å². The van der Waals surface area contributed by atoms with Crippen LogP contribution >= 0.6 is 0 Å². The molecule has 6 heteroatoms. The predicted molar refractivity (Wildman–Crippen MR) is 66.4 cm³/mol. The van der Waals surface area contributed by atoms with Crippen LogP contribution in [-0.2, 0) is 5.41 Å². The number of piperidine rings is 1. The van der Waals surface area contributed by atoms with E-state index in [4.69, 9.17) is 4.42 Å². The molecule has 0 N–H and O–H groups in total. The minimum atomic E-state index is -2.52. The first kappa shape index (κ1) is 12.8. The van der Waals surface area contributed by atoms with Crippen molar-refractivity contribution in [2.45, 2.75) is 51.4 Å². The van der Waals surface area contributed by atoms with E-state index in [2.05, 4.69) is 10.2 Å². The molecule has 1 unspecified atom stereocenters. The number of rotatable bonds is 1. The molecule has 2 fully saturated rings.